The Balaban J connectivity index is 1.45. The second-order valence-electron chi connectivity index (χ2n) is 6.50. The van der Waals surface area contributed by atoms with Crippen LogP contribution < -0.4 is 10.1 Å². The maximum absolute atomic E-state index is 12.3. The molecule has 0 aliphatic heterocycles. The van der Waals surface area contributed by atoms with E-state index < -0.39 is 5.97 Å². The van der Waals surface area contributed by atoms with Gasteiger partial charge in [-0.3, -0.25) is 9.59 Å². The third-order valence-electron chi connectivity index (χ3n) is 4.23. The van der Waals surface area contributed by atoms with Crippen LogP contribution in [0.5, 0.6) is 5.75 Å². The zero-order chi connectivity index (χ0) is 20.5. The maximum Gasteiger partial charge on any atom is 0.309 e. The van der Waals surface area contributed by atoms with Gasteiger partial charge in [0.05, 0.1) is 19.1 Å². The number of carbonyl (C=O) groups excluding carboxylic acids is 2. The first-order valence-electron chi connectivity index (χ1n) is 9.34. The first-order chi connectivity index (χ1) is 14.1. The quantitative estimate of drug-likeness (QED) is 0.536. The minimum Gasteiger partial charge on any atom is -0.493 e. The molecule has 1 amide bonds. The highest BCUT2D eigenvalue weighted by molar-refractivity contribution is 7.10. The first kappa shape index (κ1) is 20.6. The van der Waals surface area contributed by atoms with Crippen LogP contribution in [0.25, 0.3) is 0 Å². The number of carbonyl (C=O) groups is 2. The smallest absolute Gasteiger partial charge is 0.309 e. The van der Waals surface area contributed by atoms with Crippen LogP contribution in [0, 0.1) is 6.92 Å². The average Bonchev–Trinajstić information content (AvgIpc) is 3.27. The van der Waals surface area contributed by atoms with Crippen molar-refractivity contribution in [3.63, 3.8) is 0 Å². The molecule has 150 valence electrons. The molecule has 0 spiro atoms. The third kappa shape index (κ3) is 6.47. The molecule has 1 atom stereocenters. The molecule has 0 bridgehead atoms. The molecular formula is C23H23NO4S. The monoisotopic (exact) mass is 409 g/mol. The second-order valence-corrected chi connectivity index (χ2v) is 7.48. The number of aryl methyl sites for hydroxylation is 1. The van der Waals surface area contributed by atoms with Gasteiger partial charge in [-0.1, -0.05) is 54.1 Å². The van der Waals surface area contributed by atoms with Crippen LogP contribution in [0.3, 0.4) is 0 Å². The predicted molar refractivity (Wildman–Crippen MR) is 113 cm³/mol. The van der Waals surface area contributed by atoms with Crippen LogP contribution >= 0.6 is 11.3 Å². The molecule has 1 aromatic heterocycles. The highest BCUT2D eigenvalue weighted by Crippen LogP contribution is 2.25. The first-order valence-corrected chi connectivity index (χ1v) is 10.2. The zero-order valence-electron chi connectivity index (χ0n) is 16.2. The summed E-state index contributed by atoms with van der Waals surface area (Å²) in [4.78, 5) is 25.3. The van der Waals surface area contributed by atoms with Crippen molar-refractivity contribution in [2.75, 3.05) is 13.2 Å². The van der Waals surface area contributed by atoms with Crippen molar-refractivity contribution in [3.8, 4) is 5.75 Å². The lowest BCUT2D eigenvalue weighted by molar-refractivity contribution is -0.149. The highest BCUT2D eigenvalue weighted by Gasteiger charge is 2.18. The number of amides is 1. The minimum absolute atomic E-state index is 0.0776. The fraction of sp³-hybridized carbons (Fsp3) is 0.217. The van der Waals surface area contributed by atoms with E-state index >= 15 is 0 Å². The van der Waals surface area contributed by atoms with Gasteiger partial charge in [-0.05, 0) is 36.1 Å². The van der Waals surface area contributed by atoms with Crippen molar-refractivity contribution < 1.29 is 19.1 Å². The van der Waals surface area contributed by atoms with Crippen molar-refractivity contribution >= 4 is 23.2 Å². The molecule has 0 aliphatic rings. The van der Waals surface area contributed by atoms with E-state index in [1.54, 1.807) is 11.3 Å². The molecule has 0 radical (unpaired) electrons. The minimum atomic E-state index is -0.473. The summed E-state index contributed by atoms with van der Waals surface area (Å²) in [6, 6.07) is 20.9. The van der Waals surface area contributed by atoms with Gasteiger partial charge in [-0.25, -0.2) is 0 Å². The molecule has 6 heteroatoms. The second kappa shape index (κ2) is 10.4. The molecular weight excluding hydrogens is 386 g/mol. The van der Waals surface area contributed by atoms with E-state index in [1.165, 1.54) is 0 Å². The number of ether oxygens (including phenoxy) is 2. The molecule has 0 saturated carbocycles. The van der Waals surface area contributed by atoms with E-state index in [-0.39, 0.29) is 31.6 Å². The Hall–Kier alpha value is -3.12. The predicted octanol–water partition coefficient (Wildman–Crippen LogP) is 4.27. The van der Waals surface area contributed by atoms with Crippen LogP contribution in [0.1, 0.15) is 28.5 Å². The topological polar surface area (TPSA) is 64.6 Å². The van der Waals surface area contributed by atoms with Gasteiger partial charge in [0.1, 0.15) is 5.75 Å². The van der Waals surface area contributed by atoms with Crippen LogP contribution in [0.15, 0.2) is 72.1 Å². The summed E-state index contributed by atoms with van der Waals surface area (Å²) in [5, 5.41) is 4.91. The van der Waals surface area contributed by atoms with Crippen LogP contribution in [-0.2, 0) is 14.3 Å². The highest BCUT2D eigenvalue weighted by atomic mass is 32.1. The van der Waals surface area contributed by atoms with Gasteiger partial charge >= 0.3 is 5.97 Å². The van der Waals surface area contributed by atoms with Crippen molar-refractivity contribution in [1.82, 2.24) is 5.32 Å². The van der Waals surface area contributed by atoms with Crippen LogP contribution in [0.2, 0.25) is 0 Å². The van der Waals surface area contributed by atoms with Crippen molar-refractivity contribution in [3.05, 3.63) is 88.1 Å². The Morgan fingerprint density at radius 2 is 1.76 bits per heavy atom. The lowest BCUT2D eigenvalue weighted by Gasteiger charge is -2.18. The summed E-state index contributed by atoms with van der Waals surface area (Å²) in [6.07, 6.45) is 0.0776. The molecule has 3 aromatic rings. The maximum atomic E-state index is 12.3. The molecule has 1 N–H and O–H groups in total. The zero-order valence-corrected chi connectivity index (χ0v) is 17.0. The van der Waals surface area contributed by atoms with E-state index in [2.05, 4.69) is 5.32 Å². The van der Waals surface area contributed by atoms with E-state index in [4.69, 9.17) is 9.47 Å². The Morgan fingerprint density at radius 1 is 1.00 bits per heavy atom. The van der Waals surface area contributed by atoms with Crippen molar-refractivity contribution in [2.45, 2.75) is 19.4 Å². The van der Waals surface area contributed by atoms with E-state index in [0.717, 1.165) is 16.0 Å². The summed E-state index contributed by atoms with van der Waals surface area (Å²) in [6.45, 7) is 1.87. The van der Waals surface area contributed by atoms with Gasteiger partial charge in [-0.2, -0.15) is 0 Å². The number of esters is 1. The lowest BCUT2D eigenvalue weighted by Crippen LogP contribution is -2.32. The molecule has 0 fully saturated rings. The largest absolute Gasteiger partial charge is 0.493 e. The molecule has 0 unspecified atom stereocenters. The molecule has 3 rings (SSSR count). The van der Waals surface area contributed by atoms with Crippen molar-refractivity contribution in [1.29, 1.82) is 0 Å². The van der Waals surface area contributed by atoms with Gasteiger partial charge in [0.2, 0.25) is 0 Å². The Labute approximate surface area is 174 Å². The van der Waals surface area contributed by atoms with Gasteiger partial charge in [0.15, 0.2) is 6.61 Å². The number of rotatable bonds is 9. The number of nitrogens with one attached hydrogen (secondary N) is 1. The molecule has 1 heterocycles. The summed E-state index contributed by atoms with van der Waals surface area (Å²) < 4.78 is 10.6. The summed E-state index contributed by atoms with van der Waals surface area (Å²) in [5.41, 5.74) is 2.11. The number of thiophene rings is 1. The molecule has 29 heavy (non-hydrogen) atoms. The summed E-state index contributed by atoms with van der Waals surface area (Å²) in [7, 11) is 0. The molecule has 0 aliphatic carbocycles. The normalized spacial score (nSPS) is 11.5. The molecule has 0 saturated heterocycles. The van der Waals surface area contributed by atoms with Gasteiger partial charge in [-0.15, -0.1) is 11.3 Å². The molecule has 5 nitrogen and oxygen atoms in total. The Kier molecular flexibility index (Phi) is 7.41. The lowest BCUT2D eigenvalue weighted by atomic mass is 10.1. The van der Waals surface area contributed by atoms with Crippen LogP contribution in [0.4, 0.5) is 0 Å². The van der Waals surface area contributed by atoms with Gasteiger partial charge < -0.3 is 14.8 Å². The Bertz CT molecular complexity index is 908. The number of hydrogen-bond acceptors (Lipinski definition) is 5. The Morgan fingerprint density at radius 3 is 2.45 bits per heavy atom. The van der Waals surface area contributed by atoms with E-state index in [1.807, 2.05) is 79.0 Å². The SMILES string of the molecule is Cc1ccc(OCCC(=O)OCC(=O)N[C@H](c2ccccc2)c2cccs2)cc1. The summed E-state index contributed by atoms with van der Waals surface area (Å²) >= 11 is 1.56. The molecule has 2 aromatic carbocycles. The van der Waals surface area contributed by atoms with Gasteiger partial charge in [0, 0.05) is 4.88 Å². The number of benzene rings is 2. The van der Waals surface area contributed by atoms with Gasteiger partial charge in [0.25, 0.3) is 5.91 Å². The summed E-state index contributed by atoms with van der Waals surface area (Å²) in [5.74, 6) is -0.123. The van der Waals surface area contributed by atoms with E-state index in [0.29, 0.717) is 5.75 Å². The van der Waals surface area contributed by atoms with Crippen LogP contribution in [-0.4, -0.2) is 25.1 Å². The van der Waals surface area contributed by atoms with E-state index in [9.17, 15) is 9.59 Å². The fourth-order valence-corrected chi connectivity index (χ4v) is 3.53. The average molecular weight is 410 g/mol. The number of hydrogen-bond donors (Lipinski definition) is 1. The third-order valence-corrected chi connectivity index (χ3v) is 5.16. The standard InChI is InChI=1S/C23H23NO4S/c1-17-9-11-19(12-10-17)27-14-13-22(26)28-16-21(25)24-23(20-8-5-15-29-20)18-6-3-2-4-7-18/h2-12,15,23H,13-14,16H2,1H3,(H,24,25)/t23-/m1/s1. The fourth-order valence-electron chi connectivity index (χ4n) is 2.73. The van der Waals surface area contributed by atoms with Crippen molar-refractivity contribution in [2.24, 2.45) is 0 Å².